The molecule has 18 heavy (non-hydrogen) atoms. The van der Waals surface area contributed by atoms with Gasteiger partial charge in [0.1, 0.15) is 23.7 Å². The van der Waals surface area contributed by atoms with Gasteiger partial charge in [-0.05, 0) is 24.3 Å². The lowest BCUT2D eigenvalue weighted by Crippen LogP contribution is -2.23. The molecule has 96 valence electrons. The summed E-state index contributed by atoms with van der Waals surface area (Å²) >= 11 is 0. The summed E-state index contributed by atoms with van der Waals surface area (Å²) in [7, 11) is -3.73. The third kappa shape index (κ3) is 2.20. The second-order valence-electron chi connectivity index (χ2n) is 3.98. The van der Waals surface area contributed by atoms with Gasteiger partial charge in [0.15, 0.2) is 0 Å². The quantitative estimate of drug-likeness (QED) is 0.910. The van der Waals surface area contributed by atoms with Crippen LogP contribution in [0.25, 0.3) is 0 Å². The van der Waals surface area contributed by atoms with Gasteiger partial charge < -0.3 is 8.83 Å². The summed E-state index contributed by atoms with van der Waals surface area (Å²) in [6.07, 6.45) is 2.80. The van der Waals surface area contributed by atoms with E-state index in [0.29, 0.717) is 17.9 Å². The van der Waals surface area contributed by atoms with Gasteiger partial charge in [0.25, 0.3) is 0 Å². The van der Waals surface area contributed by atoms with E-state index < -0.39 is 22.4 Å². The summed E-state index contributed by atoms with van der Waals surface area (Å²) in [5.41, 5.74) is 0. The molecule has 2 unspecified atom stereocenters. The molecule has 0 aliphatic carbocycles. The molecule has 0 radical (unpaired) electrons. The van der Waals surface area contributed by atoms with E-state index in [1.54, 1.807) is 24.3 Å². The molecule has 3 heterocycles. The zero-order valence-electron chi connectivity index (χ0n) is 9.28. The summed E-state index contributed by atoms with van der Waals surface area (Å²) in [6.45, 7) is 0. The van der Waals surface area contributed by atoms with Gasteiger partial charge in [0.05, 0.1) is 12.5 Å². The highest BCUT2D eigenvalue weighted by atomic mass is 32.2. The van der Waals surface area contributed by atoms with Crippen LogP contribution in [-0.2, 0) is 20.9 Å². The lowest BCUT2D eigenvalue weighted by molar-refractivity contribution is 0.195. The fourth-order valence-corrected chi connectivity index (χ4v) is 3.10. The molecule has 0 spiro atoms. The van der Waals surface area contributed by atoms with E-state index in [2.05, 4.69) is 4.72 Å². The van der Waals surface area contributed by atoms with Gasteiger partial charge in [-0.15, -0.1) is 0 Å². The zero-order chi connectivity index (χ0) is 12.6. The van der Waals surface area contributed by atoms with Crippen molar-refractivity contribution in [2.24, 2.45) is 0 Å². The molecule has 6 nitrogen and oxygen atoms in total. The van der Waals surface area contributed by atoms with E-state index in [9.17, 15) is 8.42 Å². The Morgan fingerprint density at radius 3 is 2.61 bits per heavy atom. The molecule has 1 aliphatic rings. The molecule has 2 aromatic rings. The first-order chi connectivity index (χ1) is 8.64. The first-order valence-electron chi connectivity index (χ1n) is 5.40. The molecule has 3 rings (SSSR count). The van der Waals surface area contributed by atoms with E-state index in [1.807, 2.05) is 0 Å². The van der Waals surface area contributed by atoms with E-state index >= 15 is 0 Å². The van der Waals surface area contributed by atoms with Crippen LogP contribution in [0.2, 0.25) is 0 Å². The maximum atomic E-state index is 11.5. The van der Waals surface area contributed by atoms with Crippen molar-refractivity contribution in [1.29, 1.82) is 0 Å². The SMILES string of the molecule is O=S1(=O)NC(c2ccco2)C(Cc2ccco2)O1. The van der Waals surface area contributed by atoms with Crippen molar-refractivity contribution in [2.75, 3.05) is 0 Å². The van der Waals surface area contributed by atoms with Crippen molar-refractivity contribution in [3.63, 3.8) is 0 Å². The van der Waals surface area contributed by atoms with Crippen LogP contribution in [0, 0.1) is 0 Å². The highest BCUT2D eigenvalue weighted by molar-refractivity contribution is 7.85. The highest BCUT2D eigenvalue weighted by Crippen LogP contribution is 2.30. The average molecular weight is 269 g/mol. The number of hydrogen-bond donors (Lipinski definition) is 1. The fourth-order valence-electron chi connectivity index (χ4n) is 1.97. The summed E-state index contributed by atoms with van der Waals surface area (Å²) < 4.78 is 40.8. The first kappa shape index (κ1) is 11.5. The Balaban J connectivity index is 1.86. The zero-order valence-corrected chi connectivity index (χ0v) is 10.1. The molecular formula is C11H11NO5S. The Morgan fingerprint density at radius 2 is 1.94 bits per heavy atom. The van der Waals surface area contributed by atoms with E-state index in [4.69, 9.17) is 13.0 Å². The van der Waals surface area contributed by atoms with E-state index in [0.717, 1.165) is 0 Å². The molecule has 0 bridgehead atoms. The lowest BCUT2D eigenvalue weighted by atomic mass is 10.1. The predicted molar refractivity (Wildman–Crippen MR) is 60.8 cm³/mol. The molecule has 1 fully saturated rings. The number of hydrogen-bond acceptors (Lipinski definition) is 5. The van der Waals surface area contributed by atoms with Gasteiger partial charge in [-0.2, -0.15) is 13.1 Å². The highest BCUT2D eigenvalue weighted by Gasteiger charge is 2.41. The van der Waals surface area contributed by atoms with Crippen LogP contribution >= 0.6 is 0 Å². The Morgan fingerprint density at radius 1 is 1.17 bits per heavy atom. The van der Waals surface area contributed by atoms with Gasteiger partial charge in [0.2, 0.25) is 0 Å². The standard InChI is InChI=1S/C11H11NO5S/c13-18(14)12-11(9-4-2-6-16-9)10(17-18)7-8-3-1-5-15-8/h1-6,10-12H,7H2. The van der Waals surface area contributed by atoms with Crippen molar-refractivity contribution < 1.29 is 21.4 Å². The van der Waals surface area contributed by atoms with Crippen molar-refractivity contribution in [3.05, 3.63) is 48.3 Å². The number of furan rings is 2. The van der Waals surface area contributed by atoms with Crippen LogP contribution in [0.3, 0.4) is 0 Å². The van der Waals surface area contributed by atoms with Crippen LogP contribution in [0.15, 0.2) is 45.6 Å². The molecule has 1 aliphatic heterocycles. The van der Waals surface area contributed by atoms with E-state index in [1.165, 1.54) is 12.5 Å². The number of rotatable bonds is 3. The monoisotopic (exact) mass is 269 g/mol. The second kappa shape index (κ2) is 4.27. The molecule has 0 aromatic carbocycles. The van der Waals surface area contributed by atoms with Gasteiger partial charge in [-0.3, -0.25) is 4.18 Å². The summed E-state index contributed by atoms with van der Waals surface area (Å²) in [5.74, 6) is 1.18. The van der Waals surface area contributed by atoms with Crippen molar-refractivity contribution in [1.82, 2.24) is 4.72 Å². The molecule has 1 N–H and O–H groups in total. The minimum Gasteiger partial charge on any atom is -0.469 e. The topological polar surface area (TPSA) is 81.7 Å². The Kier molecular flexibility index (Phi) is 2.73. The molecule has 7 heteroatoms. The Labute approximate surface area is 104 Å². The normalized spacial score (nSPS) is 26.4. The maximum absolute atomic E-state index is 11.5. The van der Waals surface area contributed by atoms with Gasteiger partial charge in [0, 0.05) is 6.42 Å². The smallest absolute Gasteiger partial charge is 0.336 e. The third-order valence-electron chi connectivity index (χ3n) is 2.73. The Bertz CT molecular complexity index is 602. The molecule has 2 atom stereocenters. The van der Waals surface area contributed by atoms with Crippen LogP contribution in [0.4, 0.5) is 0 Å². The largest absolute Gasteiger partial charge is 0.469 e. The minimum atomic E-state index is -3.73. The third-order valence-corrected chi connectivity index (χ3v) is 3.77. The van der Waals surface area contributed by atoms with Crippen molar-refractivity contribution >= 4 is 10.3 Å². The minimum absolute atomic E-state index is 0.352. The van der Waals surface area contributed by atoms with Crippen LogP contribution < -0.4 is 4.72 Å². The summed E-state index contributed by atoms with van der Waals surface area (Å²) in [4.78, 5) is 0. The van der Waals surface area contributed by atoms with Crippen molar-refractivity contribution in [3.8, 4) is 0 Å². The number of nitrogens with one attached hydrogen (secondary N) is 1. The molecule has 2 aromatic heterocycles. The Hall–Kier alpha value is -1.57. The molecule has 0 saturated carbocycles. The maximum Gasteiger partial charge on any atom is 0.336 e. The van der Waals surface area contributed by atoms with Gasteiger partial charge >= 0.3 is 10.3 Å². The summed E-state index contributed by atoms with van der Waals surface area (Å²) in [6, 6.07) is 6.39. The summed E-state index contributed by atoms with van der Waals surface area (Å²) in [5, 5.41) is 0. The van der Waals surface area contributed by atoms with Crippen molar-refractivity contribution in [2.45, 2.75) is 18.6 Å². The van der Waals surface area contributed by atoms with Gasteiger partial charge in [-0.1, -0.05) is 0 Å². The lowest BCUT2D eigenvalue weighted by Gasteiger charge is -2.12. The average Bonchev–Trinajstić information content (AvgIpc) is 3.00. The molecule has 1 saturated heterocycles. The first-order valence-corrected chi connectivity index (χ1v) is 6.81. The molecule has 0 amide bonds. The van der Waals surface area contributed by atoms with Crippen LogP contribution in [0.1, 0.15) is 17.6 Å². The van der Waals surface area contributed by atoms with Gasteiger partial charge in [-0.25, -0.2) is 0 Å². The van der Waals surface area contributed by atoms with Crippen LogP contribution in [0.5, 0.6) is 0 Å². The van der Waals surface area contributed by atoms with Crippen LogP contribution in [-0.4, -0.2) is 14.5 Å². The second-order valence-corrected chi connectivity index (χ2v) is 5.32. The fraction of sp³-hybridized carbons (Fsp3) is 0.273. The molecular weight excluding hydrogens is 258 g/mol. The van der Waals surface area contributed by atoms with E-state index in [-0.39, 0.29) is 0 Å². The predicted octanol–water partition coefficient (Wildman–Crippen LogP) is 1.39.